The molecule has 0 bridgehead atoms. The Hall–Kier alpha value is -2.72. The fourth-order valence-electron chi connectivity index (χ4n) is 2.61. The lowest BCUT2D eigenvalue weighted by Gasteiger charge is -2.29. The summed E-state index contributed by atoms with van der Waals surface area (Å²) in [4.78, 5) is 27.2. The van der Waals surface area contributed by atoms with E-state index in [1.54, 1.807) is 17.0 Å². The van der Waals surface area contributed by atoms with Crippen LogP contribution in [0.3, 0.4) is 0 Å². The SMILES string of the molecule is Cc1ncsc1C1=CSC(Nc2cc(C(N)=O)ccc2OC(C)C)(C(=O)O)N1. The van der Waals surface area contributed by atoms with Gasteiger partial charge in [-0.15, -0.1) is 11.3 Å². The Balaban J connectivity index is 1.95. The van der Waals surface area contributed by atoms with Gasteiger partial charge in [-0.05, 0) is 39.0 Å². The van der Waals surface area contributed by atoms with Crippen molar-refractivity contribution in [3.05, 3.63) is 45.3 Å². The van der Waals surface area contributed by atoms with E-state index in [9.17, 15) is 14.7 Å². The Bertz CT molecular complexity index is 957. The summed E-state index contributed by atoms with van der Waals surface area (Å²) in [5, 5.41) is 17.7. The first-order chi connectivity index (χ1) is 13.2. The molecule has 0 radical (unpaired) electrons. The van der Waals surface area contributed by atoms with Gasteiger partial charge in [-0.3, -0.25) is 4.79 Å². The second-order valence-electron chi connectivity index (χ2n) is 6.39. The number of primary amides is 1. The van der Waals surface area contributed by atoms with Crippen molar-refractivity contribution in [1.82, 2.24) is 10.3 Å². The van der Waals surface area contributed by atoms with Crippen LogP contribution >= 0.6 is 23.1 Å². The number of thiazole rings is 1. The highest BCUT2D eigenvalue weighted by Crippen LogP contribution is 2.40. The molecular formula is C18H20N4O4S2. The van der Waals surface area contributed by atoms with Gasteiger partial charge in [0.15, 0.2) is 0 Å². The van der Waals surface area contributed by atoms with Gasteiger partial charge in [0.25, 0.3) is 4.99 Å². The molecule has 3 rings (SSSR count). The van der Waals surface area contributed by atoms with Gasteiger partial charge in [0.05, 0.1) is 33.6 Å². The summed E-state index contributed by atoms with van der Waals surface area (Å²) in [5.74, 6) is -1.31. The fraction of sp³-hybridized carbons (Fsp3) is 0.278. The third-order valence-electron chi connectivity index (χ3n) is 3.89. The van der Waals surface area contributed by atoms with Gasteiger partial charge in [-0.25, -0.2) is 9.78 Å². The van der Waals surface area contributed by atoms with E-state index in [1.807, 2.05) is 20.8 Å². The number of benzene rings is 1. The van der Waals surface area contributed by atoms with E-state index in [2.05, 4.69) is 15.6 Å². The van der Waals surface area contributed by atoms with Gasteiger partial charge in [0.1, 0.15) is 5.75 Å². The number of nitrogens with two attached hydrogens (primary N) is 1. The predicted molar refractivity (Wildman–Crippen MR) is 110 cm³/mol. The molecule has 0 aliphatic carbocycles. The number of nitrogens with one attached hydrogen (secondary N) is 2. The van der Waals surface area contributed by atoms with Crippen LogP contribution < -0.4 is 21.1 Å². The van der Waals surface area contributed by atoms with Crippen LogP contribution in [0.2, 0.25) is 0 Å². The molecule has 148 valence electrons. The van der Waals surface area contributed by atoms with Crippen molar-refractivity contribution in [2.24, 2.45) is 5.73 Å². The molecule has 2 aromatic rings. The van der Waals surface area contributed by atoms with Gasteiger partial charge in [0, 0.05) is 11.0 Å². The second-order valence-corrected chi connectivity index (χ2v) is 8.33. The summed E-state index contributed by atoms with van der Waals surface area (Å²) in [6.45, 7) is 5.57. The van der Waals surface area contributed by atoms with E-state index in [0.29, 0.717) is 17.1 Å². The molecule has 1 aromatic heterocycles. The number of carbonyl (C=O) groups is 2. The molecule has 0 spiro atoms. The lowest BCUT2D eigenvalue weighted by atomic mass is 10.1. The summed E-state index contributed by atoms with van der Waals surface area (Å²) in [7, 11) is 0. The van der Waals surface area contributed by atoms with Crippen LogP contribution in [0.4, 0.5) is 5.69 Å². The summed E-state index contributed by atoms with van der Waals surface area (Å²) in [6, 6.07) is 4.63. The van der Waals surface area contributed by atoms with E-state index >= 15 is 0 Å². The molecule has 0 fully saturated rings. The van der Waals surface area contributed by atoms with Crippen molar-refractivity contribution in [3.8, 4) is 5.75 Å². The zero-order valence-corrected chi connectivity index (χ0v) is 17.1. The molecule has 1 aliphatic rings. The molecule has 8 nitrogen and oxygen atoms in total. The average Bonchev–Trinajstić information content (AvgIpc) is 3.22. The molecule has 1 aromatic carbocycles. The number of hydrogen-bond acceptors (Lipinski definition) is 8. The van der Waals surface area contributed by atoms with Crippen molar-refractivity contribution in [2.45, 2.75) is 31.9 Å². The third kappa shape index (κ3) is 3.92. The molecule has 2 heterocycles. The van der Waals surface area contributed by atoms with Crippen LogP contribution in [0.1, 0.15) is 34.8 Å². The number of aromatic nitrogens is 1. The molecule has 0 saturated heterocycles. The zero-order chi connectivity index (χ0) is 20.5. The van der Waals surface area contributed by atoms with Crippen LogP contribution in [-0.4, -0.2) is 33.1 Å². The summed E-state index contributed by atoms with van der Waals surface area (Å²) >= 11 is 2.49. The number of carboxylic acids is 1. The van der Waals surface area contributed by atoms with Crippen molar-refractivity contribution in [3.63, 3.8) is 0 Å². The number of ether oxygens (including phenoxy) is 1. The van der Waals surface area contributed by atoms with Gasteiger partial charge in [-0.2, -0.15) is 0 Å². The van der Waals surface area contributed by atoms with Gasteiger partial charge in [0.2, 0.25) is 5.91 Å². The Morgan fingerprint density at radius 1 is 1.39 bits per heavy atom. The minimum Gasteiger partial charge on any atom is -0.489 e. The van der Waals surface area contributed by atoms with E-state index in [0.717, 1.165) is 22.3 Å². The monoisotopic (exact) mass is 420 g/mol. The number of thioether (sulfide) groups is 1. The number of carboxylic acid groups (broad SMARTS) is 1. The van der Waals surface area contributed by atoms with Crippen LogP contribution in [0.25, 0.3) is 5.70 Å². The van der Waals surface area contributed by atoms with Gasteiger partial charge >= 0.3 is 5.97 Å². The molecule has 1 atom stereocenters. The second kappa shape index (κ2) is 7.72. The predicted octanol–water partition coefficient (Wildman–Crippen LogP) is 2.82. The number of hydrogen-bond donors (Lipinski definition) is 4. The number of anilines is 1. The van der Waals surface area contributed by atoms with Crippen molar-refractivity contribution in [1.29, 1.82) is 0 Å². The maximum absolute atomic E-state index is 12.2. The first-order valence-electron chi connectivity index (χ1n) is 8.40. The molecule has 1 aliphatic heterocycles. The molecule has 0 saturated carbocycles. The van der Waals surface area contributed by atoms with Crippen LogP contribution in [0.5, 0.6) is 5.75 Å². The molecule has 5 N–H and O–H groups in total. The zero-order valence-electron chi connectivity index (χ0n) is 15.5. The van der Waals surface area contributed by atoms with Crippen LogP contribution in [0, 0.1) is 6.92 Å². The van der Waals surface area contributed by atoms with Crippen molar-refractivity contribution in [2.75, 3.05) is 5.32 Å². The highest BCUT2D eigenvalue weighted by molar-refractivity contribution is 8.04. The van der Waals surface area contributed by atoms with Crippen molar-refractivity contribution < 1.29 is 19.4 Å². The molecule has 1 unspecified atom stereocenters. The third-order valence-corrected chi connectivity index (χ3v) is 5.94. The standard InChI is InChI=1S/C18H20N4O4S2/c1-9(2)26-14-5-4-11(16(19)23)6-12(14)21-18(17(24)25)22-13(7-28-18)15-10(3)20-8-27-15/h4-9,21-22H,1-3H3,(H2,19,23)(H,24,25). The summed E-state index contributed by atoms with van der Waals surface area (Å²) in [5.41, 5.74) is 9.15. The van der Waals surface area contributed by atoms with Crippen molar-refractivity contribution >= 4 is 46.4 Å². The number of carbonyl (C=O) groups excluding carboxylic acids is 1. The minimum atomic E-state index is -1.57. The van der Waals surface area contributed by atoms with E-state index in [1.165, 1.54) is 23.5 Å². The Kier molecular flexibility index (Phi) is 5.52. The maximum atomic E-state index is 12.2. The largest absolute Gasteiger partial charge is 0.489 e. The minimum absolute atomic E-state index is 0.140. The highest BCUT2D eigenvalue weighted by Gasteiger charge is 2.44. The fourth-order valence-corrected chi connectivity index (χ4v) is 4.37. The van der Waals surface area contributed by atoms with Crippen LogP contribution in [-0.2, 0) is 4.79 Å². The van der Waals surface area contributed by atoms with Crippen LogP contribution in [0.15, 0.2) is 29.1 Å². The quantitative estimate of drug-likeness (QED) is 0.539. The van der Waals surface area contributed by atoms with E-state index in [4.69, 9.17) is 10.5 Å². The lowest BCUT2D eigenvalue weighted by Crippen LogP contribution is -2.52. The number of rotatable bonds is 7. The maximum Gasteiger partial charge on any atom is 0.362 e. The highest BCUT2D eigenvalue weighted by atomic mass is 32.2. The summed E-state index contributed by atoms with van der Waals surface area (Å²) < 4.78 is 5.76. The number of nitrogens with zero attached hydrogens (tertiary/aromatic N) is 1. The van der Waals surface area contributed by atoms with Gasteiger partial charge < -0.3 is 26.2 Å². The Morgan fingerprint density at radius 2 is 2.14 bits per heavy atom. The average molecular weight is 421 g/mol. The lowest BCUT2D eigenvalue weighted by molar-refractivity contribution is -0.139. The summed E-state index contributed by atoms with van der Waals surface area (Å²) in [6.07, 6.45) is -0.140. The normalized spacial score (nSPS) is 18.5. The van der Waals surface area contributed by atoms with Gasteiger partial charge in [-0.1, -0.05) is 11.8 Å². The Morgan fingerprint density at radius 3 is 2.71 bits per heavy atom. The van der Waals surface area contributed by atoms with E-state index in [-0.39, 0.29) is 11.7 Å². The number of aliphatic carboxylic acids is 1. The molecular weight excluding hydrogens is 400 g/mol. The number of amides is 1. The molecule has 1 amide bonds. The van der Waals surface area contributed by atoms with E-state index < -0.39 is 16.9 Å². The smallest absolute Gasteiger partial charge is 0.362 e. The Labute approximate surface area is 170 Å². The first kappa shape index (κ1) is 20.0. The first-order valence-corrected chi connectivity index (χ1v) is 10.2. The molecule has 28 heavy (non-hydrogen) atoms. The number of aryl methyl sites for hydroxylation is 1. The molecule has 10 heteroatoms. The topological polar surface area (TPSA) is 127 Å².